The predicted molar refractivity (Wildman–Crippen MR) is 96.0 cm³/mol. The van der Waals surface area contributed by atoms with Crippen LogP contribution >= 0.6 is 11.3 Å². The van der Waals surface area contributed by atoms with E-state index in [0.29, 0.717) is 10.9 Å². The second-order valence-electron chi connectivity index (χ2n) is 5.89. The lowest BCUT2D eigenvalue weighted by Crippen LogP contribution is -2.27. The summed E-state index contributed by atoms with van der Waals surface area (Å²) in [5, 5.41) is 6.72. The summed E-state index contributed by atoms with van der Waals surface area (Å²) in [6.45, 7) is 1.73. The zero-order valence-corrected chi connectivity index (χ0v) is 15.9. The molecule has 1 amide bonds. The number of hydrogen-bond acceptors (Lipinski definition) is 6. The molecule has 0 aliphatic rings. The van der Waals surface area contributed by atoms with Crippen molar-refractivity contribution in [2.45, 2.75) is 19.1 Å². The molecule has 0 unspecified atom stereocenters. The maximum atomic E-state index is 12.8. The molecule has 0 spiro atoms. The van der Waals surface area contributed by atoms with Gasteiger partial charge in [0.15, 0.2) is 5.69 Å². The van der Waals surface area contributed by atoms with E-state index in [0.717, 1.165) is 21.2 Å². The fourth-order valence-corrected chi connectivity index (χ4v) is 3.35. The lowest BCUT2D eigenvalue weighted by Gasteiger charge is -2.11. The van der Waals surface area contributed by atoms with Crippen LogP contribution in [0.5, 0.6) is 5.88 Å². The molecule has 1 atom stereocenters. The van der Waals surface area contributed by atoms with E-state index < -0.39 is 23.8 Å². The van der Waals surface area contributed by atoms with Gasteiger partial charge in [0.05, 0.1) is 13.2 Å². The summed E-state index contributed by atoms with van der Waals surface area (Å²) in [4.78, 5) is 21.5. The van der Waals surface area contributed by atoms with Crippen LogP contribution in [0.15, 0.2) is 30.6 Å². The van der Waals surface area contributed by atoms with Gasteiger partial charge in [0.2, 0.25) is 5.88 Å². The summed E-state index contributed by atoms with van der Waals surface area (Å²) in [5.74, 6) is -0.203. The van der Waals surface area contributed by atoms with Crippen LogP contribution in [-0.2, 0) is 13.2 Å². The van der Waals surface area contributed by atoms with Crippen molar-refractivity contribution in [2.75, 3.05) is 7.11 Å². The number of hydrogen-bond donors (Lipinski definition) is 1. The molecule has 3 rings (SSSR count). The molecule has 3 aromatic rings. The van der Waals surface area contributed by atoms with Crippen LogP contribution in [0.25, 0.3) is 10.6 Å². The number of methoxy groups -OCH3 is 1. The average Bonchev–Trinajstić information content (AvgIpc) is 3.28. The van der Waals surface area contributed by atoms with E-state index in [9.17, 15) is 18.0 Å². The number of alkyl halides is 3. The van der Waals surface area contributed by atoms with Crippen LogP contribution in [0, 0.1) is 0 Å². The zero-order chi connectivity index (χ0) is 20.5. The SMILES string of the molecule is COc1cc(-c2ncc([C@H](C)NC(=O)c3cc(C(F)(F)F)nn3C)s2)ccn1. The summed E-state index contributed by atoms with van der Waals surface area (Å²) in [7, 11) is 2.80. The minimum Gasteiger partial charge on any atom is -0.481 e. The van der Waals surface area contributed by atoms with Crippen molar-refractivity contribution in [1.82, 2.24) is 25.1 Å². The molecule has 28 heavy (non-hydrogen) atoms. The van der Waals surface area contributed by atoms with E-state index >= 15 is 0 Å². The molecule has 1 N–H and O–H groups in total. The molecule has 3 heterocycles. The second-order valence-corrected chi connectivity index (χ2v) is 6.95. The van der Waals surface area contributed by atoms with Crippen LogP contribution < -0.4 is 10.1 Å². The van der Waals surface area contributed by atoms with Crippen molar-refractivity contribution in [2.24, 2.45) is 7.05 Å². The molecule has 0 bridgehead atoms. The number of aromatic nitrogens is 4. The van der Waals surface area contributed by atoms with E-state index in [4.69, 9.17) is 4.74 Å². The highest BCUT2D eigenvalue weighted by molar-refractivity contribution is 7.15. The highest BCUT2D eigenvalue weighted by atomic mass is 32.1. The first-order valence-corrected chi connectivity index (χ1v) is 8.89. The maximum absolute atomic E-state index is 12.8. The molecular formula is C17H16F3N5O2S. The highest BCUT2D eigenvalue weighted by Gasteiger charge is 2.35. The van der Waals surface area contributed by atoms with Gasteiger partial charge in [0.25, 0.3) is 5.91 Å². The minimum absolute atomic E-state index is 0.178. The van der Waals surface area contributed by atoms with E-state index in [1.54, 1.807) is 31.5 Å². The van der Waals surface area contributed by atoms with Crippen LogP contribution in [0.3, 0.4) is 0 Å². The number of aryl methyl sites for hydroxylation is 1. The van der Waals surface area contributed by atoms with E-state index in [1.807, 2.05) is 0 Å². The third kappa shape index (κ3) is 4.14. The van der Waals surface area contributed by atoms with Crippen LogP contribution in [0.1, 0.15) is 34.0 Å². The minimum atomic E-state index is -4.61. The quantitative estimate of drug-likeness (QED) is 0.695. The van der Waals surface area contributed by atoms with Crippen LogP contribution in [0.2, 0.25) is 0 Å². The van der Waals surface area contributed by atoms with Gasteiger partial charge in [-0.25, -0.2) is 9.97 Å². The van der Waals surface area contributed by atoms with Crippen LogP contribution in [0.4, 0.5) is 13.2 Å². The van der Waals surface area contributed by atoms with Gasteiger partial charge < -0.3 is 10.1 Å². The number of carbonyl (C=O) groups is 1. The Bertz CT molecular complexity index is 999. The van der Waals surface area contributed by atoms with Gasteiger partial charge in [-0.05, 0) is 13.0 Å². The highest BCUT2D eigenvalue weighted by Crippen LogP contribution is 2.31. The first kappa shape index (κ1) is 19.8. The Balaban J connectivity index is 1.75. The van der Waals surface area contributed by atoms with Gasteiger partial charge in [-0.1, -0.05) is 0 Å². The normalized spacial score (nSPS) is 12.6. The van der Waals surface area contributed by atoms with Crippen LogP contribution in [-0.4, -0.2) is 32.8 Å². The standard InChI is InChI=1S/C17H16F3N5O2S/c1-9(23-15(26)11-7-13(17(18,19)20)24-25(11)2)12-8-22-16(28-12)10-4-5-21-14(6-10)27-3/h4-9H,1-3H3,(H,23,26)/t9-/m0/s1. The molecule has 11 heteroatoms. The molecule has 0 aromatic carbocycles. The Morgan fingerprint density at radius 3 is 2.71 bits per heavy atom. The van der Waals surface area contributed by atoms with Gasteiger partial charge in [-0.15, -0.1) is 11.3 Å². The summed E-state index contributed by atoms with van der Waals surface area (Å²) >= 11 is 1.35. The number of nitrogens with zero attached hydrogens (tertiary/aromatic N) is 4. The summed E-state index contributed by atoms with van der Waals surface area (Å²) in [6, 6.07) is 3.79. The summed E-state index contributed by atoms with van der Waals surface area (Å²) in [5.41, 5.74) is -0.481. The Morgan fingerprint density at radius 1 is 1.32 bits per heavy atom. The van der Waals surface area contributed by atoms with E-state index in [-0.39, 0.29) is 5.69 Å². The van der Waals surface area contributed by atoms with Crippen molar-refractivity contribution in [1.29, 1.82) is 0 Å². The average molecular weight is 411 g/mol. The fourth-order valence-electron chi connectivity index (χ4n) is 2.43. The van der Waals surface area contributed by atoms with Crippen molar-refractivity contribution < 1.29 is 22.7 Å². The Hall–Kier alpha value is -2.95. The number of halogens is 3. The topological polar surface area (TPSA) is 81.9 Å². The molecule has 7 nitrogen and oxygen atoms in total. The Labute approximate surface area is 162 Å². The fraction of sp³-hybridized carbons (Fsp3) is 0.294. The van der Waals surface area contributed by atoms with Crippen molar-refractivity contribution >= 4 is 17.2 Å². The number of carbonyl (C=O) groups excluding carboxylic acids is 1. The number of amides is 1. The van der Waals surface area contributed by atoms with Gasteiger partial charge in [-0.2, -0.15) is 18.3 Å². The molecule has 0 fully saturated rings. The molecule has 0 saturated heterocycles. The lowest BCUT2D eigenvalue weighted by molar-refractivity contribution is -0.141. The van der Waals surface area contributed by atoms with Crippen molar-refractivity contribution in [3.8, 4) is 16.5 Å². The summed E-state index contributed by atoms with van der Waals surface area (Å²) < 4.78 is 44.3. The zero-order valence-electron chi connectivity index (χ0n) is 15.1. The van der Waals surface area contributed by atoms with Gasteiger partial charge >= 0.3 is 6.18 Å². The molecule has 3 aromatic heterocycles. The van der Waals surface area contributed by atoms with Gasteiger partial charge in [0.1, 0.15) is 10.7 Å². The number of thiazole rings is 1. The summed E-state index contributed by atoms with van der Waals surface area (Å²) in [6.07, 6.45) is -1.40. The molecule has 0 radical (unpaired) electrons. The van der Waals surface area contributed by atoms with E-state index in [2.05, 4.69) is 20.4 Å². The molecule has 0 saturated carbocycles. The number of rotatable bonds is 5. The van der Waals surface area contributed by atoms with Gasteiger partial charge in [-0.3, -0.25) is 9.48 Å². The first-order valence-electron chi connectivity index (χ1n) is 8.07. The largest absolute Gasteiger partial charge is 0.481 e. The smallest absolute Gasteiger partial charge is 0.435 e. The monoisotopic (exact) mass is 411 g/mol. The maximum Gasteiger partial charge on any atom is 0.435 e. The first-order chi connectivity index (χ1) is 13.2. The number of pyridine rings is 1. The van der Waals surface area contributed by atoms with Crippen molar-refractivity contribution in [3.05, 3.63) is 46.9 Å². The predicted octanol–water partition coefficient (Wildman–Crippen LogP) is 3.46. The molecule has 0 aliphatic carbocycles. The van der Waals surface area contributed by atoms with Crippen molar-refractivity contribution in [3.63, 3.8) is 0 Å². The number of ether oxygens (including phenoxy) is 1. The molecular weight excluding hydrogens is 395 g/mol. The lowest BCUT2D eigenvalue weighted by atomic mass is 10.2. The molecule has 0 aliphatic heterocycles. The van der Waals surface area contributed by atoms with E-state index in [1.165, 1.54) is 25.5 Å². The Morgan fingerprint density at radius 2 is 2.07 bits per heavy atom. The molecule has 148 valence electrons. The second kappa shape index (κ2) is 7.58. The Kier molecular flexibility index (Phi) is 5.36. The third-order valence-corrected chi connectivity index (χ3v) is 5.12. The third-order valence-electron chi connectivity index (χ3n) is 3.89. The number of nitrogens with one attached hydrogen (secondary N) is 1. The van der Waals surface area contributed by atoms with Gasteiger partial charge in [0, 0.05) is 42.0 Å².